The smallest absolute Gasteiger partial charge is 0.382 e. The normalized spacial score (nSPS) is 10.6. The molecule has 10 nitrogen and oxygen atoms in total. The number of carbonyl (C=O) groups is 3. The second kappa shape index (κ2) is 13.4. The van der Waals surface area contributed by atoms with Gasteiger partial charge in [-0.1, -0.05) is 48.5 Å². The maximum absolute atomic E-state index is 13.6. The van der Waals surface area contributed by atoms with Crippen molar-refractivity contribution >= 4 is 17.8 Å². The number of phenolic OH excluding ortho intramolecular Hbond substituents is 1. The van der Waals surface area contributed by atoms with Crippen molar-refractivity contribution in [1.82, 2.24) is 5.43 Å². The summed E-state index contributed by atoms with van der Waals surface area (Å²) < 4.78 is 17.2. The lowest BCUT2D eigenvalue weighted by Crippen LogP contribution is -2.32. The Kier molecular flexibility index (Phi) is 9.21. The molecular weight excluding hydrogens is 598 g/mol. The van der Waals surface area contributed by atoms with E-state index in [4.69, 9.17) is 19.7 Å². The van der Waals surface area contributed by atoms with E-state index < -0.39 is 40.3 Å². The summed E-state index contributed by atoms with van der Waals surface area (Å²) in [7, 11) is 0. The minimum atomic E-state index is -1.26. The number of aryl methyl sites for hydroxylation is 2. The lowest BCUT2D eigenvalue weighted by atomic mass is 9.95. The molecule has 0 unspecified atom stereocenters. The van der Waals surface area contributed by atoms with Crippen molar-refractivity contribution in [3.63, 3.8) is 0 Å². The summed E-state index contributed by atoms with van der Waals surface area (Å²) in [5, 5.41) is 19.5. The lowest BCUT2D eigenvalue weighted by molar-refractivity contribution is 0.0374. The van der Waals surface area contributed by atoms with Gasteiger partial charge in [0.05, 0.1) is 11.1 Å². The monoisotopic (exact) mass is 629 g/mol. The number of nitrogens with zero attached hydrogens (tertiary/aromatic N) is 1. The van der Waals surface area contributed by atoms with Crippen LogP contribution < -0.4 is 16.0 Å². The Bertz CT molecular complexity index is 2050. The summed E-state index contributed by atoms with van der Waals surface area (Å²) in [5.74, 6) is 1.51. The number of rotatable bonds is 8. The van der Waals surface area contributed by atoms with E-state index >= 15 is 0 Å². The summed E-state index contributed by atoms with van der Waals surface area (Å²) >= 11 is 0. The van der Waals surface area contributed by atoms with Crippen molar-refractivity contribution in [2.45, 2.75) is 34.3 Å². The highest BCUT2D eigenvalue weighted by Crippen LogP contribution is 2.39. The number of phenols is 1. The topological polar surface area (TPSA) is 165 Å². The van der Waals surface area contributed by atoms with Gasteiger partial charge in [0.15, 0.2) is 0 Å². The van der Waals surface area contributed by atoms with Gasteiger partial charge < -0.3 is 19.0 Å². The zero-order chi connectivity index (χ0) is 33.8. The molecule has 4 N–H and O–H groups in total. The molecule has 0 bridgehead atoms. The Balaban J connectivity index is 1.53. The largest absolute Gasteiger partial charge is 0.507 e. The molecule has 47 heavy (non-hydrogen) atoms. The summed E-state index contributed by atoms with van der Waals surface area (Å²) in [6.45, 7) is 8.61. The van der Waals surface area contributed by atoms with Crippen molar-refractivity contribution in [3.8, 4) is 39.8 Å². The molecule has 0 fully saturated rings. The third kappa shape index (κ3) is 6.33. The van der Waals surface area contributed by atoms with Gasteiger partial charge in [-0.15, -0.1) is 0 Å². The van der Waals surface area contributed by atoms with Crippen LogP contribution in [0.15, 0.2) is 83.5 Å². The summed E-state index contributed by atoms with van der Waals surface area (Å²) in [6.07, 6.45) is 1.39. The quantitative estimate of drug-likeness (QED) is 0.0563. The molecule has 0 aliphatic rings. The first-order valence-electron chi connectivity index (χ1n) is 14.6. The average Bonchev–Trinajstić information content (AvgIpc) is 3.53. The molecule has 10 heteroatoms. The van der Waals surface area contributed by atoms with Crippen LogP contribution in [0.1, 0.15) is 64.7 Å². The summed E-state index contributed by atoms with van der Waals surface area (Å²) in [6, 6.07) is 22.3. The predicted molar refractivity (Wildman–Crippen MR) is 174 cm³/mol. The van der Waals surface area contributed by atoms with Gasteiger partial charge in [0.2, 0.25) is 5.76 Å². The molecule has 0 aliphatic heterocycles. The third-order valence-corrected chi connectivity index (χ3v) is 8.15. The molecular formula is C37H31N3O7. The summed E-state index contributed by atoms with van der Waals surface area (Å²) in [5.41, 5.74) is 8.28. The minimum absolute atomic E-state index is 0.278. The van der Waals surface area contributed by atoms with Crippen LogP contribution in [0.2, 0.25) is 0 Å². The Labute approximate surface area is 270 Å². The van der Waals surface area contributed by atoms with Gasteiger partial charge in [0.1, 0.15) is 36.0 Å². The number of hydrogen-bond acceptors (Lipinski definition) is 9. The van der Waals surface area contributed by atoms with E-state index in [-0.39, 0.29) is 5.76 Å². The number of hydrazine groups is 1. The van der Waals surface area contributed by atoms with E-state index in [0.29, 0.717) is 29.0 Å². The number of nitrogens with two attached hydrogens (primary N) is 1. The molecule has 236 valence electrons. The van der Waals surface area contributed by atoms with Gasteiger partial charge in [-0.05, 0) is 90.9 Å². The van der Waals surface area contributed by atoms with Crippen molar-refractivity contribution in [3.05, 3.63) is 129 Å². The minimum Gasteiger partial charge on any atom is -0.507 e. The highest BCUT2D eigenvalue weighted by Gasteiger charge is 2.30. The number of hydrogen-bond donors (Lipinski definition) is 3. The molecule has 0 saturated carbocycles. The second-order valence-corrected chi connectivity index (χ2v) is 10.9. The zero-order valence-electron chi connectivity index (χ0n) is 26.1. The maximum atomic E-state index is 13.6. The van der Waals surface area contributed by atoms with E-state index in [1.54, 1.807) is 24.3 Å². The number of aromatic hydroxyl groups is 1. The van der Waals surface area contributed by atoms with E-state index in [1.807, 2.05) is 41.8 Å². The second-order valence-electron chi connectivity index (χ2n) is 10.9. The highest BCUT2D eigenvalue weighted by molar-refractivity contribution is 6.12. The highest BCUT2D eigenvalue weighted by atomic mass is 16.6. The molecule has 0 radical (unpaired) electrons. The Morgan fingerprint density at radius 1 is 0.894 bits per heavy atom. The maximum Gasteiger partial charge on any atom is 0.382 e. The Morgan fingerprint density at radius 2 is 1.57 bits per heavy atom. The van der Waals surface area contributed by atoms with Gasteiger partial charge in [0.25, 0.3) is 5.91 Å². The van der Waals surface area contributed by atoms with Crippen molar-refractivity contribution < 1.29 is 33.4 Å². The van der Waals surface area contributed by atoms with E-state index in [2.05, 4.69) is 33.8 Å². The van der Waals surface area contributed by atoms with Gasteiger partial charge >= 0.3 is 11.9 Å². The van der Waals surface area contributed by atoms with Gasteiger partial charge in [-0.3, -0.25) is 10.2 Å². The average molecular weight is 630 g/mol. The fourth-order valence-electron chi connectivity index (χ4n) is 5.41. The fraction of sp³-hybridized carbons (Fsp3) is 0.135. The number of amides is 1. The van der Waals surface area contributed by atoms with Crippen LogP contribution in [0.3, 0.4) is 0 Å². The first kappa shape index (κ1) is 32.2. The Morgan fingerprint density at radius 3 is 2.23 bits per heavy atom. The molecule has 1 heterocycles. The Hall–Kier alpha value is -6.18. The standard InChI is InChI=1S/C37H31N3O7/c1-20-15-21(2)23(4)29(22(20)3)18-45-26-12-8-11-25(16-26)32-30(24-9-6-5-7-10-24)19-46-34(32)37(44)47-36(43)27-13-14-31(41)28(17-38)33(27)35(42)40-39/h5-16,19,41H,18,39H2,1-4H3,(H,40,42). The number of nitrogen functional groups attached to an aromatic ring is 1. The van der Waals surface area contributed by atoms with Crippen LogP contribution >= 0.6 is 0 Å². The number of carbonyl (C=O) groups excluding carboxylic acids is 3. The number of nitrogens with one attached hydrogen (secondary N) is 1. The number of furan rings is 1. The molecule has 0 saturated heterocycles. The molecule has 0 atom stereocenters. The molecule has 1 amide bonds. The van der Waals surface area contributed by atoms with Crippen LogP contribution in [0.5, 0.6) is 11.5 Å². The molecule has 5 rings (SSSR count). The van der Waals surface area contributed by atoms with Crippen LogP contribution in [0.25, 0.3) is 22.3 Å². The van der Waals surface area contributed by atoms with Crippen molar-refractivity contribution in [1.29, 1.82) is 5.26 Å². The third-order valence-electron chi connectivity index (χ3n) is 8.15. The van der Waals surface area contributed by atoms with Crippen LogP contribution in [-0.4, -0.2) is 23.0 Å². The number of benzene rings is 4. The number of nitriles is 1. The summed E-state index contributed by atoms with van der Waals surface area (Å²) in [4.78, 5) is 39.3. The van der Waals surface area contributed by atoms with E-state index in [9.17, 15) is 24.8 Å². The molecule has 4 aromatic carbocycles. The van der Waals surface area contributed by atoms with Crippen LogP contribution in [0, 0.1) is 39.0 Å². The SMILES string of the molecule is Cc1cc(C)c(C)c(COc2cccc(-c3c(-c4ccccc4)coc3C(=O)OC(=O)c3ccc(O)c(C#N)c3C(=O)NN)c2)c1C. The van der Waals surface area contributed by atoms with Gasteiger partial charge in [-0.2, -0.15) is 5.26 Å². The van der Waals surface area contributed by atoms with E-state index in [1.165, 1.54) is 17.4 Å². The lowest BCUT2D eigenvalue weighted by Gasteiger charge is -2.16. The number of esters is 2. The van der Waals surface area contributed by atoms with Crippen LogP contribution in [0.4, 0.5) is 0 Å². The first-order valence-corrected chi connectivity index (χ1v) is 14.6. The van der Waals surface area contributed by atoms with Crippen LogP contribution in [-0.2, 0) is 11.3 Å². The predicted octanol–water partition coefficient (Wildman–Crippen LogP) is 6.60. The molecule has 5 aromatic rings. The molecule has 0 spiro atoms. The molecule has 0 aliphatic carbocycles. The van der Waals surface area contributed by atoms with Crippen molar-refractivity contribution in [2.24, 2.45) is 5.84 Å². The number of ether oxygens (including phenoxy) is 2. The zero-order valence-corrected chi connectivity index (χ0v) is 26.1. The van der Waals surface area contributed by atoms with E-state index in [0.717, 1.165) is 34.4 Å². The van der Waals surface area contributed by atoms with Crippen molar-refractivity contribution in [2.75, 3.05) is 0 Å². The molecule has 1 aromatic heterocycles. The van der Waals surface area contributed by atoms with Gasteiger partial charge in [-0.25, -0.2) is 15.4 Å². The van der Waals surface area contributed by atoms with Gasteiger partial charge in [0, 0.05) is 11.1 Å². The fourth-order valence-corrected chi connectivity index (χ4v) is 5.41. The first-order chi connectivity index (χ1) is 22.5.